The van der Waals surface area contributed by atoms with E-state index >= 15 is 0 Å². The number of carboxylic acids is 1. The number of nitrogens with one attached hydrogen (secondary N) is 1. The Morgan fingerprint density at radius 1 is 1.35 bits per heavy atom. The maximum atomic E-state index is 11.9. The lowest BCUT2D eigenvalue weighted by Gasteiger charge is -2.28. The van der Waals surface area contributed by atoms with E-state index in [0.29, 0.717) is 0 Å². The molecule has 0 rings (SSSR count). The van der Waals surface area contributed by atoms with Gasteiger partial charge in [0.25, 0.3) is 0 Å². The first kappa shape index (κ1) is 18.2. The van der Waals surface area contributed by atoms with Crippen molar-refractivity contribution in [3.8, 4) is 0 Å². The number of ether oxygens (including phenoxy) is 1. The van der Waals surface area contributed by atoms with Gasteiger partial charge < -0.3 is 25.2 Å². The SMILES string of the molecule is COC(=O)CN(C(=O)NCC(C)(O)CC(=O)O)C(C)C. The fourth-order valence-corrected chi connectivity index (χ4v) is 1.45. The first-order valence-corrected chi connectivity index (χ1v) is 6.14. The second-order valence-electron chi connectivity index (χ2n) is 5.02. The van der Waals surface area contributed by atoms with E-state index in [-0.39, 0.29) is 19.1 Å². The summed E-state index contributed by atoms with van der Waals surface area (Å²) in [6.45, 7) is 4.29. The molecule has 0 spiro atoms. The third-order valence-corrected chi connectivity index (χ3v) is 2.56. The van der Waals surface area contributed by atoms with Gasteiger partial charge in [-0.25, -0.2) is 4.79 Å². The van der Waals surface area contributed by atoms with E-state index < -0.39 is 30.0 Å². The number of aliphatic carboxylic acids is 1. The second-order valence-corrected chi connectivity index (χ2v) is 5.02. The molecule has 0 heterocycles. The van der Waals surface area contributed by atoms with E-state index in [2.05, 4.69) is 10.1 Å². The smallest absolute Gasteiger partial charge is 0.325 e. The normalized spacial score (nSPS) is 13.5. The van der Waals surface area contributed by atoms with E-state index in [9.17, 15) is 19.5 Å². The van der Waals surface area contributed by atoms with Crippen molar-refractivity contribution in [2.24, 2.45) is 0 Å². The van der Waals surface area contributed by atoms with Crippen LogP contribution >= 0.6 is 0 Å². The molecule has 8 nitrogen and oxygen atoms in total. The van der Waals surface area contributed by atoms with Crippen LogP contribution in [0.1, 0.15) is 27.2 Å². The van der Waals surface area contributed by atoms with Crippen LogP contribution < -0.4 is 5.32 Å². The van der Waals surface area contributed by atoms with Gasteiger partial charge in [0.2, 0.25) is 0 Å². The number of nitrogens with zero attached hydrogens (tertiary/aromatic N) is 1. The second kappa shape index (κ2) is 7.68. The predicted molar refractivity (Wildman–Crippen MR) is 70.1 cm³/mol. The Labute approximate surface area is 117 Å². The third-order valence-electron chi connectivity index (χ3n) is 2.56. The van der Waals surface area contributed by atoms with Gasteiger partial charge in [-0.15, -0.1) is 0 Å². The fourth-order valence-electron chi connectivity index (χ4n) is 1.45. The van der Waals surface area contributed by atoms with Gasteiger partial charge in [0, 0.05) is 12.6 Å². The highest BCUT2D eigenvalue weighted by Gasteiger charge is 2.27. The standard InChI is InChI=1S/C12H22N2O6/c1-8(2)14(6-10(17)20-4)11(18)13-7-12(3,19)5-9(15)16/h8,19H,5-7H2,1-4H3,(H,13,18)(H,15,16). The zero-order valence-electron chi connectivity index (χ0n) is 12.2. The van der Waals surface area contributed by atoms with Gasteiger partial charge in [0.15, 0.2) is 0 Å². The largest absolute Gasteiger partial charge is 0.481 e. The number of aliphatic hydroxyl groups is 1. The number of carbonyl (C=O) groups is 3. The number of esters is 1. The maximum Gasteiger partial charge on any atom is 0.325 e. The Morgan fingerprint density at radius 2 is 1.90 bits per heavy atom. The third kappa shape index (κ3) is 6.93. The molecule has 2 amide bonds. The average molecular weight is 290 g/mol. The first-order chi connectivity index (χ1) is 9.09. The maximum absolute atomic E-state index is 11.9. The van der Waals surface area contributed by atoms with Gasteiger partial charge in [-0.1, -0.05) is 0 Å². The summed E-state index contributed by atoms with van der Waals surface area (Å²) in [7, 11) is 1.22. The summed E-state index contributed by atoms with van der Waals surface area (Å²) in [6, 6.07) is -0.824. The van der Waals surface area contributed by atoms with Crippen LogP contribution in [0.5, 0.6) is 0 Å². The Balaban J connectivity index is 4.54. The molecule has 1 atom stereocenters. The van der Waals surface area contributed by atoms with Crippen molar-refractivity contribution >= 4 is 18.0 Å². The molecule has 0 aromatic rings. The van der Waals surface area contributed by atoms with Gasteiger partial charge in [-0.2, -0.15) is 0 Å². The van der Waals surface area contributed by atoms with Crippen LogP contribution in [0.3, 0.4) is 0 Å². The Hall–Kier alpha value is -1.83. The molecule has 116 valence electrons. The molecule has 0 saturated heterocycles. The molecule has 3 N–H and O–H groups in total. The van der Waals surface area contributed by atoms with Crippen LogP contribution in [0.4, 0.5) is 4.79 Å². The summed E-state index contributed by atoms with van der Waals surface area (Å²) in [6.07, 6.45) is -0.494. The van der Waals surface area contributed by atoms with Crippen molar-refractivity contribution in [1.82, 2.24) is 10.2 Å². The molecular formula is C12H22N2O6. The lowest BCUT2D eigenvalue weighted by atomic mass is 10.0. The molecule has 0 aromatic carbocycles. The predicted octanol–water partition coefficient (Wildman–Crippen LogP) is -0.195. The van der Waals surface area contributed by atoms with Gasteiger partial charge in [0.1, 0.15) is 6.54 Å². The quantitative estimate of drug-likeness (QED) is 0.559. The molecule has 0 aliphatic rings. The van der Waals surface area contributed by atoms with Crippen LogP contribution in [0.2, 0.25) is 0 Å². The molecule has 0 aliphatic heterocycles. The van der Waals surface area contributed by atoms with Crippen LogP contribution in [0.25, 0.3) is 0 Å². The summed E-state index contributed by atoms with van der Waals surface area (Å²) in [5.41, 5.74) is -1.56. The van der Waals surface area contributed by atoms with Crippen molar-refractivity contribution in [2.75, 3.05) is 20.2 Å². The summed E-state index contributed by atoms with van der Waals surface area (Å²) in [4.78, 5) is 34.9. The summed E-state index contributed by atoms with van der Waals surface area (Å²) < 4.78 is 4.49. The monoisotopic (exact) mass is 290 g/mol. The highest BCUT2D eigenvalue weighted by atomic mass is 16.5. The van der Waals surface area contributed by atoms with E-state index in [1.807, 2.05) is 0 Å². The number of urea groups is 1. The Bertz CT molecular complexity index is 367. The number of amides is 2. The van der Waals surface area contributed by atoms with Gasteiger partial charge in [0.05, 0.1) is 19.1 Å². The summed E-state index contributed by atoms with van der Waals surface area (Å²) in [5.74, 6) is -1.73. The zero-order chi connectivity index (χ0) is 15.9. The molecule has 8 heteroatoms. The van der Waals surface area contributed by atoms with Crippen LogP contribution in [0.15, 0.2) is 0 Å². The van der Waals surface area contributed by atoms with E-state index in [0.717, 1.165) is 0 Å². The molecule has 0 fully saturated rings. The summed E-state index contributed by atoms with van der Waals surface area (Å²) in [5, 5.41) is 20.8. The van der Waals surface area contributed by atoms with Crippen LogP contribution in [-0.2, 0) is 14.3 Å². The van der Waals surface area contributed by atoms with Crippen molar-refractivity contribution in [1.29, 1.82) is 0 Å². The average Bonchev–Trinajstić information content (AvgIpc) is 2.30. The van der Waals surface area contributed by atoms with Gasteiger partial charge in [-0.05, 0) is 20.8 Å². The first-order valence-electron chi connectivity index (χ1n) is 6.14. The zero-order valence-corrected chi connectivity index (χ0v) is 12.2. The fraction of sp³-hybridized carbons (Fsp3) is 0.750. The number of methoxy groups -OCH3 is 1. The molecular weight excluding hydrogens is 268 g/mol. The van der Waals surface area contributed by atoms with Crippen molar-refractivity contribution in [2.45, 2.75) is 38.8 Å². The van der Waals surface area contributed by atoms with Crippen molar-refractivity contribution < 1.29 is 29.3 Å². The Kier molecular flexibility index (Phi) is 6.98. The summed E-state index contributed by atoms with van der Waals surface area (Å²) >= 11 is 0. The molecule has 0 aromatic heterocycles. The molecule has 20 heavy (non-hydrogen) atoms. The molecule has 0 aliphatic carbocycles. The number of carboxylic acid groups (broad SMARTS) is 1. The number of rotatable bonds is 7. The lowest BCUT2D eigenvalue weighted by Crippen LogP contribution is -2.50. The lowest BCUT2D eigenvalue weighted by molar-refractivity contribution is -0.142. The topological polar surface area (TPSA) is 116 Å². The van der Waals surface area contributed by atoms with Gasteiger partial charge in [-0.3, -0.25) is 9.59 Å². The van der Waals surface area contributed by atoms with Crippen LogP contribution in [-0.4, -0.2) is 64.9 Å². The number of carbonyl (C=O) groups excluding carboxylic acids is 2. The minimum absolute atomic E-state index is 0.221. The minimum Gasteiger partial charge on any atom is -0.481 e. The van der Waals surface area contributed by atoms with Crippen molar-refractivity contribution in [3.63, 3.8) is 0 Å². The Morgan fingerprint density at radius 3 is 2.30 bits per heavy atom. The van der Waals surface area contributed by atoms with Crippen LogP contribution in [0, 0.1) is 0 Å². The highest BCUT2D eigenvalue weighted by molar-refractivity contribution is 5.81. The molecule has 1 unspecified atom stereocenters. The number of hydrogen-bond acceptors (Lipinski definition) is 5. The minimum atomic E-state index is -1.56. The van der Waals surface area contributed by atoms with Gasteiger partial charge >= 0.3 is 18.0 Å². The van der Waals surface area contributed by atoms with E-state index in [1.54, 1.807) is 13.8 Å². The molecule has 0 radical (unpaired) electrons. The van der Waals surface area contributed by atoms with E-state index in [4.69, 9.17) is 5.11 Å². The van der Waals surface area contributed by atoms with Crippen molar-refractivity contribution in [3.05, 3.63) is 0 Å². The highest BCUT2D eigenvalue weighted by Crippen LogP contribution is 2.08. The number of hydrogen-bond donors (Lipinski definition) is 3. The molecule has 0 saturated carbocycles. The molecule has 0 bridgehead atoms. The van der Waals surface area contributed by atoms with E-state index in [1.165, 1.54) is 18.9 Å².